The number of nitrogens with two attached hydrogens (primary N) is 1. The lowest BCUT2D eigenvalue weighted by molar-refractivity contribution is -0.0980. The molecule has 0 aliphatic rings. The van der Waals surface area contributed by atoms with Crippen LogP contribution in [0.1, 0.15) is 30.0 Å². The van der Waals surface area contributed by atoms with E-state index in [1.165, 1.54) is 21.9 Å². The van der Waals surface area contributed by atoms with Crippen molar-refractivity contribution >= 4 is 10.8 Å². The van der Waals surface area contributed by atoms with E-state index in [1.807, 2.05) is 31.2 Å². The van der Waals surface area contributed by atoms with Crippen LogP contribution < -0.4 is 10.5 Å². The summed E-state index contributed by atoms with van der Waals surface area (Å²) >= 11 is 0. The summed E-state index contributed by atoms with van der Waals surface area (Å²) < 4.78 is 11.4. The second-order valence-corrected chi connectivity index (χ2v) is 8.11. The Hall–Kier alpha value is -3.18. The summed E-state index contributed by atoms with van der Waals surface area (Å²) in [6, 6.07) is 29.2. The summed E-state index contributed by atoms with van der Waals surface area (Å²) in [7, 11) is 0. The molecule has 0 aromatic heterocycles. The molecule has 0 fully saturated rings. The van der Waals surface area contributed by atoms with Gasteiger partial charge in [0.15, 0.2) is 6.29 Å². The summed E-state index contributed by atoms with van der Waals surface area (Å²) in [5.74, 6) is 0.841. The third-order valence-corrected chi connectivity index (χ3v) is 5.81. The molecule has 33 heavy (non-hydrogen) atoms. The molecule has 170 valence electrons. The van der Waals surface area contributed by atoms with Crippen molar-refractivity contribution in [1.29, 1.82) is 0 Å². The van der Waals surface area contributed by atoms with Gasteiger partial charge in [-0.15, -0.1) is 0 Å². The van der Waals surface area contributed by atoms with Gasteiger partial charge in [-0.3, -0.25) is 0 Å². The van der Waals surface area contributed by atoms with E-state index in [-0.39, 0.29) is 0 Å². The molecule has 4 heteroatoms. The van der Waals surface area contributed by atoms with E-state index in [1.54, 1.807) is 0 Å². The molecular weight excluding hydrogens is 410 g/mol. The molecule has 0 spiro atoms. The van der Waals surface area contributed by atoms with Crippen LogP contribution in [0, 0.1) is 0 Å². The maximum Gasteiger partial charge on any atom is 0.154 e. The summed E-state index contributed by atoms with van der Waals surface area (Å²) in [6.07, 6.45) is 0.488. The van der Waals surface area contributed by atoms with Crippen LogP contribution in [0.25, 0.3) is 21.9 Å². The van der Waals surface area contributed by atoms with Gasteiger partial charge in [-0.05, 0) is 70.1 Å². The number of para-hydroxylation sites is 1. The van der Waals surface area contributed by atoms with E-state index in [4.69, 9.17) is 15.2 Å². The fourth-order valence-corrected chi connectivity index (χ4v) is 4.11. The van der Waals surface area contributed by atoms with Crippen LogP contribution in [0.4, 0.5) is 0 Å². The van der Waals surface area contributed by atoms with Crippen LogP contribution >= 0.6 is 0 Å². The number of ether oxygens (including phenoxy) is 2. The lowest BCUT2D eigenvalue weighted by atomic mass is 9.96. The third-order valence-electron chi connectivity index (χ3n) is 5.81. The average molecular weight is 442 g/mol. The number of benzene rings is 4. The molecule has 0 radical (unpaired) electrons. The first-order chi connectivity index (χ1) is 16.2. The SMILES string of the molecule is CCOC(O)CCc1ccccc1OCc1ccc2c(-c3cccc(CN)c3)cccc2c1. The van der Waals surface area contributed by atoms with Crippen molar-refractivity contribution in [1.82, 2.24) is 0 Å². The van der Waals surface area contributed by atoms with Gasteiger partial charge in [-0.1, -0.05) is 66.7 Å². The molecule has 1 atom stereocenters. The maximum absolute atomic E-state index is 9.87. The predicted octanol–water partition coefficient (Wildman–Crippen LogP) is 5.83. The fourth-order valence-electron chi connectivity index (χ4n) is 4.11. The summed E-state index contributed by atoms with van der Waals surface area (Å²) in [5.41, 5.74) is 11.5. The van der Waals surface area contributed by atoms with Gasteiger partial charge in [-0.2, -0.15) is 0 Å². The van der Waals surface area contributed by atoms with E-state index >= 15 is 0 Å². The number of aliphatic hydroxyl groups is 1. The number of aryl methyl sites for hydroxylation is 1. The largest absolute Gasteiger partial charge is 0.489 e. The molecular formula is C29H31NO3. The first-order valence-electron chi connectivity index (χ1n) is 11.5. The van der Waals surface area contributed by atoms with Crippen LogP contribution in [0.5, 0.6) is 5.75 Å². The molecule has 4 nitrogen and oxygen atoms in total. The second-order valence-electron chi connectivity index (χ2n) is 8.11. The monoisotopic (exact) mass is 441 g/mol. The zero-order chi connectivity index (χ0) is 23.0. The fraction of sp³-hybridized carbons (Fsp3) is 0.241. The molecule has 0 aliphatic carbocycles. The molecule has 0 amide bonds. The summed E-state index contributed by atoms with van der Waals surface area (Å²) in [4.78, 5) is 0. The molecule has 4 aromatic rings. The Balaban J connectivity index is 1.51. The highest BCUT2D eigenvalue weighted by Crippen LogP contribution is 2.30. The van der Waals surface area contributed by atoms with Crippen LogP contribution in [0.15, 0.2) is 84.9 Å². The third kappa shape index (κ3) is 5.79. The molecule has 0 aliphatic heterocycles. The number of rotatable bonds is 10. The standard InChI is InChI=1S/C29H31NO3/c1-2-32-29(31)16-14-23-8-3-4-12-28(23)33-20-22-13-15-27-25(18-22)10-6-11-26(27)24-9-5-7-21(17-24)19-30/h3-13,15,17-18,29,31H,2,14,16,19-20,30H2,1H3. The smallest absolute Gasteiger partial charge is 0.154 e. The first kappa shape index (κ1) is 23.0. The van der Waals surface area contributed by atoms with Gasteiger partial charge in [0.2, 0.25) is 0 Å². The van der Waals surface area contributed by atoms with Crippen molar-refractivity contribution in [2.75, 3.05) is 6.61 Å². The number of aliphatic hydroxyl groups excluding tert-OH is 1. The minimum atomic E-state index is -0.747. The normalized spacial score (nSPS) is 12.1. The first-order valence-corrected chi connectivity index (χ1v) is 11.5. The van der Waals surface area contributed by atoms with Crippen LogP contribution in [-0.4, -0.2) is 18.0 Å². The molecule has 1 unspecified atom stereocenters. The maximum atomic E-state index is 9.87. The van der Waals surface area contributed by atoms with Crippen molar-refractivity contribution in [2.45, 2.75) is 39.2 Å². The number of hydrogen-bond acceptors (Lipinski definition) is 4. The van der Waals surface area contributed by atoms with Crippen LogP contribution in [-0.2, 0) is 24.3 Å². The lowest BCUT2D eigenvalue weighted by Crippen LogP contribution is -2.12. The molecule has 0 bridgehead atoms. The van der Waals surface area contributed by atoms with E-state index in [2.05, 4.69) is 60.7 Å². The van der Waals surface area contributed by atoms with Gasteiger partial charge in [0.1, 0.15) is 12.4 Å². The van der Waals surface area contributed by atoms with Crippen LogP contribution in [0.3, 0.4) is 0 Å². The molecule has 3 N–H and O–H groups in total. The number of hydrogen-bond donors (Lipinski definition) is 2. The van der Waals surface area contributed by atoms with E-state index in [9.17, 15) is 5.11 Å². The molecule has 0 saturated carbocycles. The molecule has 0 saturated heterocycles. The Labute approximate surface area is 195 Å². The van der Waals surface area contributed by atoms with Crippen molar-refractivity contribution in [3.05, 3.63) is 102 Å². The van der Waals surface area contributed by atoms with Gasteiger partial charge in [0.25, 0.3) is 0 Å². The highest BCUT2D eigenvalue weighted by atomic mass is 16.6. The zero-order valence-electron chi connectivity index (χ0n) is 19.0. The Morgan fingerprint density at radius 1 is 0.879 bits per heavy atom. The van der Waals surface area contributed by atoms with Crippen molar-refractivity contribution in [2.24, 2.45) is 5.73 Å². The van der Waals surface area contributed by atoms with Gasteiger partial charge in [0.05, 0.1) is 0 Å². The highest BCUT2D eigenvalue weighted by Gasteiger charge is 2.09. The Morgan fingerprint density at radius 2 is 1.73 bits per heavy atom. The van der Waals surface area contributed by atoms with Crippen LogP contribution in [0.2, 0.25) is 0 Å². The van der Waals surface area contributed by atoms with Crippen molar-refractivity contribution in [3.8, 4) is 16.9 Å². The van der Waals surface area contributed by atoms with Gasteiger partial charge >= 0.3 is 0 Å². The summed E-state index contributed by atoms with van der Waals surface area (Å²) in [5, 5.41) is 12.3. The van der Waals surface area contributed by atoms with E-state index in [0.29, 0.717) is 32.6 Å². The van der Waals surface area contributed by atoms with Gasteiger partial charge in [-0.25, -0.2) is 0 Å². The minimum Gasteiger partial charge on any atom is -0.489 e. The second kappa shape index (κ2) is 11.1. The zero-order valence-corrected chi connectivity index (χ0v) is 19.0. The summed E-state index contributed by atoms with van der Waals surface area (Å²) in [6.45, 7) is 3.39. The highest BCUT2D eigenvalue weighted by molar-refractivity contribution is 5.97. The molecule has 0 heterocycles. The van der Waals surface area contributed by atoms with Gasteiger partial charge in [0, 0.05) is 19.6 Å². The van der Waals surface area contributed by atoms with Gasteiger partial charge < -0.3 is 20.3 Å². The lowest BCUT2D eigenvalue weighted by Gasteiger charge is -2.14. The predicted molar refractivity (Wildman–Crippen MR) is 134 cm³/mol. The minimum absolute atomic E-state index is 0.480. The molecule has 4 rings (SSSR count). The molecule has 4 aromatic carbocycles. The average Bonchev–Trinajstić information content (AvgIpc) is 2.86. The van der Waals surface area contributed by atoms with Crippen molar-refractivity contribution in [3.63, 3.8) is 0 Å². The Kier molecular flexibility index (Phi) is 7.74. The van der Waals surface area contributed by atoms with E-state index in [0.717, 1.165) is 22.4 Å². The van der Waals surface area contributed by atoms with Crippen molar-refractivity contribution < 1.29 is 14.6 Å². The Morgan fingerprint density at radius 3 is 2.58 bits per heavy atom. The van der Waals surface area contributed by atoms with E-state index < -0.39 is 6.29 Å². The quantitative estimate of drug-likeness (QED) is 0.304. The Bertz CT molecular complexity index is 1200. The topological polar surface area (TPSA) is 64.7 Å². The number of fused-ring (bicyclic) bond motifs is 1.